The van der Waals surface area contributed by atoms with Crippen molar-refractivity contribution in [3.8, 4) is 17.6 Å². The van der Waals surface area contributed by atoms with Crippen LogP contribution in [0.15, 0.2) is 36.5 Å². The number of anilines is 1. The first-order valence-electron chi connectivity index (χ1n) is 10.9. The van der Waals surface area contributed by atoms with Crippen LogP contribution in [0.3, 0.4) is 0 Å². The maximum Gasteiger partial charge on any atom is 0.223 e. The number of pyridine rings is 1. The highest BCUT2D eigenvalue weighted by molar-refractivity contribution is 5.80. The second kappa shape index (κ2) is 7.97. The van der Waals surface area contributed by atoms with Crippen molar-refractivity contribution in [1.82, 2.24) is 10.3 Å². The second-order valence-corrected chi connectivity index (χ2v) is 9.19. The Morgan fingerprint density at radius 1 is 1.25 bits per heavy atom. The van der Waals surface area contributed by atoms with Crippen molar-refractivity contribution in [3.05, 3.63) is 47.9 Å². The van der Waals surface area contributed by atoms with Crippen molar-refractivity contribution in [1.29, 1.82) is 5.26 Å². The third-order valence-electron chi connectivity index (χ3n) is 6.84. The lowest BCUT2D eigenvalue weighted by molar-refractivity contribution is -0.133. The Bertz CT molecular complexity index is 1070. The number of ether oxygens (including phenoxy) is 2. The zero-order valence-electron chi connectivity index (χ0n) is 17.9. The van der Waals surface area contributed by atoms with Crippen molar-refractivity contribution in [2.75, 3.05) is 25.1 Å². The van der Waals surface area contributed by atoms with Crippen LogP contribution in [0.25, 0.3) is 0 Å². The summed E-state index contributed by atoms with van der Waals surface area (Å²) in [6.45, 7) is 1.83. The summed E-state index contributed by atoms with van der Waals surface area (Å²) in [7, 11) is 1.52. The number of carbonyl (C=O) groups is 1. The van der Waals surface area contributed by atoms with E-state index in [0.29, 0.717) is 29.9 Å². The molecule has 1 aromatic carbocycles. The van der Waals surface area contributed by atoms with E-state index in [1.165, 1.54) is 25.3 Å². The van der Waals surface area contributed by atoms with E-state index in [9.17, 15) is 9.18 Å². The van der Waals surface area contributed by atoms with Gasteiger partial charge in [0.15, 0.2) is 11.5 Å². The van der Waals surface area contributed by atoms with Gasteiger partial charge in [-0.1, -0.05) is 0 Å². The lowest BCUT2D eigenvalue weighted by Gasteiger charge is -2.59. The molecule has 2 aromatic rings. The number of nitrogens with one attached hydrogen (secondary N) is 1. The van der Waals surface area contributed by atoms with Gasteiger partial charge in [-0.05, 0) is 49.9 Å². The number of aromatic nitrogens is 1. The predicted molar refractivity (Wildman–Crippen MR) is 115 cm³/mol. The monoisotopic (exact) mass is 436 g/mol. The first kappa shape index (κ1) is 20.6. The number of amides is 1. The first-order valence-corrected chi connectivity index (χ1v) is 10.9. The lowest BCUT2D eigenvalue weighted by Crippen LogP contribution is -2.67. The fourth-order valence-electron chi connectivity index (χ4n) is 5.05. The molecule has 1 aliphatic heterocycles. The molecule has 1 amide bonds. The fourth-order valence-corrected chi connectivity index (χ4v) is 5.05. The molecule has 0 unspecified atom stereocenters. The van der Waals surface area contributed by atoms with Crippen LogP contribution in [0.1, 0.15) is 31.2 Å². The quantitative estimate of drug-likeness (QED) is 0.749. The Hall–Kier alpha value is -3.34. The van der Waals surface area contributed by atoms with Crippen LogP contribution in [0.5, 0.6) is 11.5 Å². The largest absolute Gasteiger partial charge is 0.493 e. The molecule has 166 valence electrons. The minimum atomic E-state index is -0.378. The molecule has 7 nitrogen and oxygen atoms in total. The molecular formula is C24H25FN4O3. The van der Waals surface area contributed by atoms with Gasteiger partial charge in [0.2, 0.25) is 5.91 Å². The molecule has 32 heavy (non-hydrogen) atoms. The van der Waals surface area contributed by atoms with Crippen molar-refractivity contribution in [2.24, 2.45) is 11.3 Å². The highest BCUT2D eigenvalue weighted by atomic mass is 19.1. The summed E-state index contributed by atoms with van der Waals surface area (Å²) in [6.07, 6.45) is 4.75. The number of hydrogen-bond donors (Lipinski definition) is 1. The van der Waals surface area contributed by atoms with Crippen molar-refractivity contribution in [3.63, 3.8) is 0 Å². The van der Waals surface area contributed by atoms with E-state index in [-0.39, 0.29) is 35.2 Å². The average Bonchev–Trinajstić information content (AvgIpc) is 2.71. The van der Waals surface area contributed by atoms with Crippen LogP contribution in [0.2, 0.25) is 0 Å². The molecule has 0 bridgehead atoms. The molecule has 1 saturated heterocycles. The smallest absolute Gasteiger partial charge is 0.223 e. The number of benzene rings is 1. The summed E-state index contributed by atoms with van der Waals surface area (Å²) < 4.78 is 24.5. The Kier molecular flexibility index (Phi) is 5.12. The summed E-state index contributed by atoms with van der Waals surface area (Å²) in [5.41, 5.74) is 0.870. The third kappa shape index (κ3) is 3.83. The van der Waals surface area contributed by atoms with Gasteiger partial charge in [0.1, 0.15) is 17.7 Å². The maximum absolute atomic E-state index is 13.5. The number of hydrogen-bond acceptors (Lipinski definition) is 6. The molecule has 1 spiro atoms. The third-order valence-corrected chi connectivity index (χ3v) is 6.84. The molecule has 3 aliphatic rings. The van der Waals surface area contributed by atoms with Crippen LogP contribution >= 0.6 is 0 Å². The van der Waals surface area contributed by atoms with Crippen LogP contribution in [-0.2, 0) is 4.79 Å². The van der Waals surface area contributed by atoms with Crippen molar-refractivity contribution in [2.45, 2.75) is 37.8 Å². The second-order valence-electron chi connectivity index (χ2n) is 9.19. The number of nitriles is 1. The molecule has 8 heteroatoms. The molecule has 0 radical (unpaired) electrons. The van der Waals surface area contributed by atoms with Crippen molar-refractivity contribution >= 4 is 11.7 Å². The first-order chi connectivity index (χ1) is 15.5. The molecule has 5 rings (SSSR count). The van der Waals surface area contributed by atoms with Crippen molar-refractivity contribution < 1.29 is 18.7 Å². The van der Waals surface area contributed by atoms with Gasteiger partial charge >= 0.3 is 0 Å². The number of rotatable bonds is 6. The number of halogens is 1. The van der Waals surface area contributed by atoms with Gasteiger partial charge in [-0.25, -0.2) is 9.37 Å². The van der Waals surface area contributed by atoms with Crippen LogP contribution in [0, 0.1) is 28.5 Å². The summed E-state index contributed by atoms with van der Waals surface area (Å²) in [6, 6.07) is 10.1. The van der Waals surface area contributed by atoms with Gasteiger partial charge in [0.05, 0.1) is 18.7 Å². The minimum absolute atomic E-state index is 0.0630. The van der Waals surface area contributed by atoms with Crippen LogP contribution < -0.4 is 19.7 Å². The predicted octanol–water partition coefficient (Wildman–Crippen LogP) is 3.04. The molecule has 2 heterocycles. The van der Waals surface area contributed by atoms with Gasteiger partial charge < -0.3 is 19.7 Å². The molecule has 1 aromatic heterocycles. The average molecular weight is 436 g/mol. The zero-order valence-corrected chi connectivity index (χ0v) is 17.9. The van der Waals surface area contributed by atoms with Crippen LogP contribution in [0.4, 0.5) is 10.2 Å². The molecule has 2 saturated carbocycles. The number of carbonyl (C=O) groups excluding carboxylic acids is 1. The molecule has 2 aliphatic carbocycles. The highest BCUT2D eigenvalue weighted by Crippen LogP contribution is 2.49. The highest BCUT2D eigenvalue weighted by Gasteiger charge is 2.53. The molecule has 3 fully saturated rings. The molecule has 1 N–H and O–H groups in total. The number of nitrogens with zero attached hydrogens (tertiary/aromatic N) is 3. The minimum Gasteiger partial charge on any atom is -0.493 e. The zero-order chi connectivity index (χ0) is 22.3. The van der Waals surface area contributed by atoms with E-state index < -0.39 is 0 Å². The van der Waals surface area contributed by atoms with E-state index in [4.69, 9.17) is 14.7 Å². The SMILES string of the molecule is COc1ccc(F)cc1O[C@H]1C[C@H](C(=O)NC2CC3(C2)CN(c2cc(C#N)ccn2)C3)C1. The Morgan fingerprint density at radius 3 is 2.75 bits per heavy atom. The Morgan fingerprint density at radius 2 is 2.03 bits per heavy atom. The van der Waals surface area contributed by atoms with E-state index in [1.54, 1.807) is 12.3 Å². The lowest BCUT2D eigenvalue weighted by atomic mass is 9.60. The Labute approximate surface area is 186 Å². The van der Waals surface area contributed by atoms with E-state index in [0.717, 1.165) is 31.7 Å². The van der Waals surface area contributed by atoms with Gasteiger partial charge in [0.25, 0.3) is 0 Å². The number of methoxy groups -OCH3 is 1. The van der Waals surface area contributed by atoms with Gasteiger partial charge in [-0.15, -0.1) is 0 Å². The summed E-state index contributed by atoms with van der Waals surface area (Å²) in [5, 5.41) is 12.2. The Balaban J connectivity index is 1.04. The summed E-state index contributed by atoms with van der Waals surface area (Å²) >= 11 is 0. The normalized spacial score (nSPS) is 23.3. The molecule has 0 atom stereocenters. The van der Waals surface area contributed by atoms with Crippen LogP contribution in [-0.4, -0.2) is 43.2 Å². The van der Waals surface area contributed by atoms with E-state index in [1.807, 2.05) is 6.07 Å². The maximum atomic E-state index is 13.5. The van der Waals surface area contributed by atoms with E-state index in [2.05, 4.69) is 21.3 Å². The van der Waals surface area contributed by atoms with Gasteiger partial charge in [0, 0.05) is 42.7 Å². The van der Waals surface area contributed by atoms with Gasteiger partial charge in [-0.2, -0.15) is 5.26 Å². The fraction of sp³-hybridized carbons (Fsp3) is 0.458. The standard InChI is InChI=1S/C24H25FN4O3/c1-31-20-3-2-17(25)9-21(20)32-19-7-16(8-19)23(30)28-18-10-24(11-18)13-29(14-24)22-6-15(12-26)4-5-27-22/h2-6,9,16,18-19H,7-8,10-11,13-14H2,1H3,(H,28,30)/t16-,19-. The van der Waals surface area contributed by atoms with E-state index >= 15 is 0 Å². The summed E-state index contributed by atoms with van der Waals surface area (Å²) in [4.78, 5) is 19.1. The topological polar surface area (TPSA) is 87.5 Å². The summed E-state index contributed by atoms with van der Waals surface area (Å²) in [5.74, 6) is 1.35. The molecular weight excluding hydrogens is 411 g/mol. The van der Waals surface area contributed by atoms with Gasteiger partial charge in [-0.3, -0.25) is 4.79 Å².